The van der Waals surface area contributed by atoms with Crippen molar-refractivity contribution in [3.63, 3.8) is 0 Å². The number of carbonyl (C=O) groups excluding carboxylic acids is 4. The zero-order valence-corrected chi connectivity index (χ0v) is 16.8. The van der Waals surface area contributed by atoms with Gasteiger partial charge >= 0.3 is 21.7 Å². The van der Waals surface area contributed by atoms with Gasteiger partial charge in [0.1, 0.15) is 23.1 Å². The molecule has 0 aliphatic rings. The molecule has 0 aromatic heterocycles. The molecule has 0 aliphatic carbocycles. The number of carbonyl (C=O) groups is 4. The fraction of sp³-hybridized carbons (Fsp3) is 0.667. The molecule has 0 saturated heterocycles. The molecule has 0 saturated carbocycles. The van der Waals surface area contributed by atoms with Crippen LogP contribution in [0.2, 0.25) is 0 Å². The molecule has 23 heavy (non-hydrogen) atoms. The van der Waals surface area contributed by atoms with Crippen molar-refractivity contribution in [2.45, 2.75) is 54.4 Å². The zero-order valence-electron chi connectivity index (χ0n) is 15.3. The predicted molar refractivity (Wildman–Crippen MR) is 88.0 cm³/mol. The van der Waals surface area contributed by atoms with Crippen LogP contribution in [0.4, 0.5) is 0 Å². The van der Waals surface area contributed by atoms with E-state index in [2.05, 4.69) is 13.8 Å². The number of Topliss-reactive ketones (excluding diaryl/α,β-unsaturated/α-hetero) is 4. The molecule has 4 nitrogen and oxygen atoms in total. The Morgan fingerprint density at radius 3 is 0.957 bits per heavy atom. The predicted octanol–water partition coefficient (Wildman–Crippen LogP) is 3.28. The van der Waals surface area contributed by atoms with Gasteiger partial charge in [-0.1, -0.05) is 41.5 Å². The first-order chi connectivity index (χ1) is 9.89. The van der Waals surface area contributed by atoms with Gasteiger partial charge in [-0.05, 0) is 0 Å². The second-order valence-electron chi connectivity index (χ2n) is 6.33. The SMILES string of the molecule is [CH2-]C(C)C(=O)CC(=O)C(C)C.[CH2-]C(C)C(=O)CC(=O)C(C)C.[Ti+2]. The molecule has 2 unspecified atom stereocenters. The standard InChI is InChI=1S/2C9H15O2.Ti/c2*1-6(2)8(10)5-9(11)7(3)4;/h2*6-7H,1,5H2,2-4H3;/q2*-1;+2. The largest absolute Gasteiger partial charge is 2.00 e. The Morgan fingerprint density at radius 2 is 0.826 bits per heavy atom. The molecular weight excluding hydrogens is 328 g/mol. The normalized spacial score (nSPS) is 12.6. The maximum atomic E-state index is 11.0. The molecule has 0 amide bonds. The minimum absolute atomic E-state index is 0. The molecule has 0 spiro atoms. The molecule has 0 bridgehead atoms. The summed E-state index contributed by atoms with van der Waals surface area (Å²) in [6, 6.07) is 0. The smallest absolute Gasteiger partial charge is 0.333 e. The Morgan fingerprint density at radius 1 is 0.609 bits per heavy atom. The fourth-order valence-electron chi connectivity index (χ4n) is 1.10. The minimum atomic E-state index is -0.266. The van der Waals surface area contributed by atoms with Crippen LogP contribution in [0.25, 0.3) is 0 Å². The van der Waals surface area contributed by atoms with Crippen molar-refractivity contribution >= 4 is 23.1 Å². The number of rotatable bonds is 8. The summed E-state index contributed by atoms with van der Waals surface area (Å²) in [6.45, 7) is 17.7. The van der Waals surface area contributed by atoms with Crippen molar-refractivity contribution < 1.29 is 40.9 Å². The third kappa shape index (κ3) is 14.7. The van der Waals surface area contributed by atoms with Gasteiger partial charge in [-0.2, -0.15) is 0 Å². The Bertz CT molecular complexity index is 322. The summed E-state index contributed by atoms with van der Waals surface area (Å²) in [6.07, 6.45) is 0.0880. The quantitative estimate of drug-likeness (QED) is 0.379. The maximum Gasteiger partial charge on any atom is 2.00 e. The number of ketones is 4. The molecule has 0 aromatic carbocycles. The first-order valence-corrected chi connectivity index (χ1v) is 7.67. The van der Waals surface area contributed by atoms with Crippen molar-refractivity contribution in [1.82, 2.24) is 0 Å². The van der Waals surface area contributed by atoms with Crippen LogP contribution in [-0.4, -0.2) is 23.1 Å². The van der Waals surface area contributed by atoms with Gasteiger partial charge in [0.2, 0.25) is 0 Å². The zero-order chi connectivity index (χ0) is 18.0. The molecule has 0 aliphatic heterocycles. The molecule has 0 aromatic rings. The number of hydrogen-bond donors (Lipinski definition) is 0. The average molecular weight is 358 g/mol. The summed E-state index contributed by atoms with van der Waals surface area (Å²) >= 11 is 0. The fourth-order valence-corrected chi connectivity index (χ4v) is 1.10. The molecule has 0 radical (unpaired) electrons. The van der Waals surface area contributed by atoms with E-state index < -0.39 is 0 Å². The van der Waals surface area contributed by atoms with E-state index in [0.717, 1.165) is 0 Å². The van der Waals surface area contributed by atoms with Gasteiger partial charge in [0, 0.05) is 11.8 Å². The van der Waals surface area contributed by atoms with Crippen LogP contribution in [0.15, 0.2) is 0 Å². The van der Waals surface area contributed by atoms with Crippen molar-refractivity contribution in [2.75, 3.05) is 0 Å². The van der Waals surface area contributed by atoms with Crippen LogP contribution in [0.5, 0.6) is 0 Å². The molecular formula is C18H30O4Ti. The van der Waals surface area contributed by atoms with Gasteiger partial charge in [0.25, 0.3) is 0 Å². The Labute approximate surface area is 156 Å². The van der Waals surface area contributed by atoms with Crippen LogP contribution < -0.4 is 0 Å². The molecule has 0 N–H and O–H groups in total. The topological polar surface area (TPSA) is 68.3 Å². The summed E-state index contributed by atoms with van der Waals surface area (Å²) in [5.74, 6) is -0.741. The minimum Gasteiger partial charge on any atom is -0.333 e. The first kappa shape index (κ1) is 27.3. The van der Waals surface area contributed by atoms with Crippen molar-refractivity contribution in [2.24, 2.45) is 23.7 Å². The van der Waals surface area contributed by atoms with Crippen LogP contribution in [0, 0.1) is 37.5 Å². The molecule has 5 heteroatoms. The summed E-state index contributed by atoms with van der Waals surface area (Å²) < 4.78 is 0. The molecule has 0 fully saturated rings. The summed E-state index contributed by atoms with van der Waals surface area (Å²) in [5.41, 5.74) is 0. The van der Waals surface area contributed by atoms with Crippen molar-refractivity contribution in [1.29, 1.82) is 0 Å². The van der Waals surface area contributed by atoms with Gasteiger partial charge in [0.15, 0.2) is 0 Å². The third-order valence-corrected chi connectivity index (χ3v) is 3.08. The van der Waals surface area contributed by atoms with E-state index in [1.54, 1.807) is 41.5 Å². The Hall–Kier alpha value is -0.606. The first-order valence-electron chi connectivity index (χ1n) is 7.67. The van der Waals surface area contributed by atoms with Gasteiger partial charge in [-0.15, -0.1) is 11.8 Å². The van der Waals surface area contributed by atoms with Crippen molar-refractivity contribution in [3.05, 3.63) is 13.8 Å². The van der Waals surface area contributed by atoms with Crippen LogP contribution in [0.1, 0.15) is 54.4 Å². The molecule has 130 valence electrons. The van der Waals surface area contributed by atoms with E-state index in [9.17, 15) is 19.2 Å². The van der Waals surface area contributed by atoms with Gasteiger partial charge in [-0.3, -0.25) is 9.59 Å². The summed E-state index contributed by atoms with van der Waals surface area (Å²) in [7, 11) is 0. The maximum absolute atomic E-state index is 11.0. The van der Waals surface area contributed by atoms with E-state index >= 15 is 0 Å². The van der Waals surface area contributed by atoms with E-state index in [4.69, 9.17) is 0 Å². The van der Waals surface area contributed by atoms with Crippen LogP contribution in [0.3, 0.4) is 0 Å². The Balaban J connectivity index is -0.000000333. The van der Waals surface area contributed by atoms with Crippen LogP contribution >= 0.6 is 0 Å². The second kappa shape index (κ2) is 13.8. The molecule has 0 rings (SSSR count). The second-order valence-corrected chi connectivity index (χ2v) is 6.33. The summed E-state index contributed by atoms with van der Waals surface area (Å²) in [5, 5.41) is 0. The Kier molecular flexibility index (Phi) is 16.3. The van der Waals surface area contributed by atoms with Crippen molar-refractivity contribution in [3.8, 4) is 0 Å². The molecule has 0 heterocycles. The van der Waals surface area contributed by atoms with Gasteiger partial charge in [-0.25, -0.2) is 0 Å². The van der Waals surface area contributed by atoms with Gasteiger partial charge < -0.3 is 23.4 Å². The molecule has 2 atom stereocenters. The van der Waals surface area contributed by atoms with Crippen LogP contribution in [-0.2, 0) is 40.9 Å². The van der Waals surface area contributed by atoms with E-state index in [0.29, 0.717) is 0 Å². The average Bonchev–Trinajstić information content (AvgIpc) is 2.38. The third-order valence-electron chi connectivity index (χ3n) is 3.08. The van der Waals surface area contributed by atoms with E-state index in [1.165, 1.54) is 0 Å². The van der Waals surface area contributed by atoms with Gasteiger partial charge in [0.05, 0.1) is 12.8 Å². The van der Waals surface area contributed by atoms with E-state index in [1.807, 2.05) is 0 Å². The number of hydrogen-bond acceptors (Lipinski definition) is 4. The monoisotopic (exact) mass is 358 g/mol. The van der Waals surface area contributed by atoms with E-state index in [-0.39, 0.29) is 81.4 Å². The summed E-state index contributed by atoms with van der Waals surface area (Å²) in [4.78, 5) is 44.0.